The van der Waals surface area contributed by atoms with Crippen molar-refractivity contribution in [3.8, 4) is 11.1 Å². The van der Waals surface area contributed by atoms with E-state index in [2.05, 4.69) is 115 Å². The second-order valence-electron chi connectivity index (χ2n) is 10.2. The van der Waals surface area contributed by atoms with E-state index >= 15 is 0 Å². The zero-order chi connectivity index (χ0) is 25.4. The van der Waals surface area contributed by atoms with Gasteiger partial charge in [-0.1, -0.05) is 108 Å². The molecule has 2 heteroatoms. The predicted molar refractivity (Wildman–Crippen MR) is 168 cm³/mol. The van der Waals surface area contributed by atoms with Gasteiger partial charge in [-0.25, -0.2) is 0 Å². The average molecular weight is 474 g/mol. The van der Waals surface area contributed by atoms with E-state index < -0.39 is 0 Å². The first-order valence-electron chi connectivity index (χ1n) is 12.9. The van der Waals surface area contributed by atoms with Crippen LogP contribution in [0.15, 0.2) is 121 Å². The van der Waals surface area contributed by atoms with Crippen LogP contribution in [0.1, 0.15) is 0 Å². The summed E-state index contributed by atoms with van der Waals surface area (Å²) < 4.78 is 0. The molecule has 0 bridgehead atoms. The smallest absolute Gasteiger partial charge is 0.0813 e. The van der Waals surface area contributed by atoms with E-state index in [9.17, 15) is 0 Å². The van der Waals surface area contributed by atoms with Crippen LogP contribution in [-0.4, -0.2) is 15.7 Å². The molecule has 0 unspecified atom stereocenters. The van der Waals surface area contributed by atoms with Gasteiger partial charge < -0.3 is 0 Å². The molecule has 0 amide bonds. The first-order valence-corrected chi connectivity index (χ1v) is 12.9. The minimum atomic E-state index is 0.833. The Morgan fingerprint density at radius 1 is 0.316 bits per heavy atom. The maximum atomic E-state index is 6.79. The predicted octanol–water partition coefficient (Wildman–Crippen LogP) is 7.86. The largest absolute Gasteiger partial charge is 0.115 e. The fourth-order valence-corrected chi connectivity index (χ4v) is 6.26. The first kappa shape index (κ1) is 21.5. The molecular weight excluding hydrogens is 454 g/mol. The molecule has 0 aromatic heterocycles. The highest BCUT2D eigenvalue weighted by Crippen LogP contribution is 2.38. The number of fused-ring (bicyclic) bond motifs is 8. The zero-order valence-corrected chi connectivity index (χ0v) is 20.7. The summed E-state index contributed by atoms with van der Waals surface area (Å²) in [5, 5.41) is 13.9. The Balaban J connectivity index is 1.43. The van der Waals surface area contributed by atoms with E-state index in [0.717, 1.165) is 37.9 Å². The van der Waals surface area contributed by atoms with Gasteiger partial charge in [0, 0.05) is 0 Å². The van der Waals surface area contributed by atoms with Gasteiger partial charge >= 0.3 is 0 Å². The molecular formula is C36H20B2. The van der Waals surface area contributed by atoms with Gasteiger partial charge in [0.25, 0.3) is 0 Å². The highest BCUT2D eigenvalue weighted by molar-refractivity contribution is 6.47. The molecule has 0 fully saturated rings. The molecule has 0 heterocycles. The van der Waals surface area contributed by atoms with Crippen LogP contribution in [0.4, 0.5) is 0 Å². The van der Waals surface area contributed by atoms with Crippen molar-refractivity contribution in [3.63, 3.8) is 0 Å². The second kappa shape index (κ2) is 7.97. The SMILES string of the molecule is [B]c1c2ccccc2cc2c1ccc1cc(-c3cc4c([B])c5ccccc5cc4c4ccccc34)ccc12. The normalized spacial score (nSPS) is 11.9. The molecule has 8 aromatic carbocycles. The topological polar surface area (TPSA) is 0 Å². The van der Waals surface area contributed by atoms with Crippen LogP contribution in [0.25, 0.3) is 75.8 Å². The Labute approximate surface area is 223 Å². The Morgan fingerprint density at radius 2 is 0.842 bits per heavy atom. The standard InChI is InChI=1S/C36H20B2/c37-35-26-9-3-1-7-21(26)18-32-25-15-13-24(17-23(25)14-16-30(32)35)31-20-34-33(29-12-6-5-11-28(29)31)19-22-8-2-4-10-27(22)36(34)38/h1-20H. The van der Waals surface area contributed by atoms with Gasteiger partial charge in [-0.2, -0.15) is 0 Å². The lowest BCUT2D eigenvalue weighted by Crippen LogP contribution is -2.06. The van der Waals surface area contributed by atoms with Crippen LogP contribution in [0.3, 0.4) is 0 Å². The van der Waals surface area contributed by atoms with Crippen LogP contribution >= 0.6 is 0 Å². The quantitative estimate of drug-likeness (QED) is 0.129. The van der Waals surface area contributed by atoms with Crippen LogP contribution in [0, 0.1) is 0 Å². The molecule has 4 radical (unpaired) electrons. The second-order valence-corrected chi connectivity index (χ2v) is 10.2. The molecule has 170 valence electrons. The van der Waals surface area contributed by atoms with Crippen molar-refractivity contribution in [2.75, 3.05) is 0 Å². The Morgan fingerprint density at radius 3 is 1.55 bits per heavy atom. The first-order chi connectivity index (χ1) is 18.7. The van der Waals surface area contributed by atoms with Gasteiger partial charge in [-0.15, -0.1) is 0 Å². The fraction of sp³-hybridized carbons (Fsp3) is 0. The van der Waals surface area contributed by atoms with Crippen LogP contribution in [-0.2, 0) is 0 Å². The summed E-state index contributed by atoms with van der Waals surface area (Å²) in [5.41, 5.74) is 4.04. The van der Waals surface area contributed by atoms with E-state index in [1.807, 2.05) is 6.07 Å². The minimum Gasteiger partial charge on any atom is -0.0813 e. The molecule has 8 aromatic rings. The van der Waals surface area contributed by atoms with Crippen molar-refractivity contribution in [1.29, 1.82) is 0 Å². The van der Waals surface area contributed by atoms with Crippen LogP contribution < -0.4 is 10.9 Å². The third-order valence-electron chi connectivity index (χ3n) is 8.14. The van der Waals surface area contributed by atoms with Crippen molar-refractivity contribution in [1.82, 2.24) is 0 Å². The van der Waals surface area contributed by atoms with Gasteiger partial charge in [0.2, 0.25) is 0 Å². The van der Waals surface area contributed by atoms with Gasteiger partial charge in [0.1, 0.15) is 15.7 Å². The van der Waals surface area contributed by atoms with E-state index in [1.165, 1.54) is 48.8 Å². The van der Waals surface area contributed by atoms with Crippen molar-refractivity contribution < 1.29 is 0 Å². The lowest BCUT2D eigenvalue weighted by Gasteiger charge is -2.16. The fourth-order valence-electron chi connectivity index (χ4n) is 6.26. The summed E-state index contributed by atoms with van der Waals surface area (Å²) >= 11 is 0. The summed E-state index contributed by atoms with van der Waals surface area (Å²) in [6.45, 7) is 0. The number of rotatable bonds is 1. The van der Waals surface area contributed by atoms with Crippen LogP contribution in [0.2, 0.25) is 0 Å². The average Bonchev–Trinajstić information content (AvgIpc) is 2.97. The molecule has 0 aliphatic carbocycles. The molecule has 0 aliphatic heterocycles. The van der Waals surface area contributed by atoms with Crippen molar-refractivity contribution in [3.05, 3.63) is 121 Å². The highest BCUT2D eigenvalue weighted by Gasteiger charge is 2.13. The molecule has 8 rings (SSSR count). The van der Waals surface area contributed by atoms with E-state index in [-0.39, 0.29) is 0 Å². The molecule has 0 saturated heterocycles. The summed E-state index contributed by atoms with van der Waals surface area (Å²) in [5.74, 6) is 0. The molecule has 0 aliphatic rings. The van der Waals surface area contributed by atoms with Gasteiger partial charge in [0.15, 0.2) is 0 Å². The Kier molecular flexibility index (Phi) is 4.52. The van der Waals surface area contributed by atoms with Gasteiger partial charge in [-0.3, -0.25) is 0 Å². The van der Waals surface area contributed by atoms with Crippen LogP contribution in [0.5, 0.6) is 0 Å². The Bertz CT molecular complexity index is 2260. The zero-order valence-electron chi connectivity index (χ0n) is 20.7. The highest BCUT2D eigenvalue weighted by atomic mass is 14.2. The summed E-state index contributed by atoms with van der Waals surface area (Å²) in [6.07, 6.45) is 0. The van der Waals surface area contributed by atoms with Crippen molar-refractivity contribution >= 4 is 91.3 Å². The van der Waals surface area contributed by atoms with E-state index in [0.29, 0.717) is 0 Å². The van der Waals surface area contributed by atoms with E-state index in [1.54, 1.807) is 0 Å². The maximum Gasteiger partial charge on any atom is 0.115 e. The monoisotopic (exact) mass is 474 g/mol. The number of benzene rings is 8. The minimum absolute atomic E-state index is 0.833. The molecule has 0 N–H and O–H groups in total. The third kappa shape index (κ3) is 3.01. The molecule has 38 heavy (non-hydrogen) atoms. The Hall–Kier alpha value is -4.55. The van der Waals surface area contributed by atoms with E-state index in [4.69, 9.17) is 15.7 Å². The van der Waals surface area contributed by atoms with Gasteiger partial charge in [-0.05, 0) is 100 Å². The maximum absolute atomic E-state index is 6.79. The number of hydrogen-bond acceptors (Lipinski definition) is 0. The molecule has 0 saturated carbocycles. The van der Waals surface area contributed by atoms with Crippen molar-refractivity contribution in [2.24, 2.45) is 0 Å². The molecule has 0 nitrogen and oxygen atoms in total. The number of hydrogen-bond donors (Lipinski definition) is 0. The third-order valence-corrected chi connectivity index (χ3v) is 8.14. The summed E-state index contributed by atoms with van der Waals surface area (Å²) in [4.78, 5) is 0. The lowest BCUT2D eigenvalue weighted by atomic mass is 9.81. The summed E-state index contributed by atoms with van der Waals surface area (Å²) in [7, 11) is 13.4. The lowest BCUT2D eigenvalue weighted by molar-refractivity contribution is 1.72. The summed E-state index contributed by atoms with van der Waals surface area (Å²) in [6, 6.07) is 43.3. The van der Waals surface area contributed by atoms with Crippen molar-refractivity contribution in [2.45, 2.75) is 0 Å². The molecule has 0 spiro atoms. The molecule has 0 atom stereocenters. The van der Waals surface area contributed by atoms with Gasteiger partial charge in [0.05, 0.1) is 0 Å².